The van der Waals surface area contributed by atoms with Crippen molar-refractivity contribution in [3.05, 3.63) is 23.2 Å². The molecule has 1 heterocycles. The van der Waals surface area contributed by atoms with Crippen LogP contribution >= 0.6 is 0 Å². The van der Waals surface area contributed by atoms with Crippen molar-refractivity contribution in [1.29, 1.82) is 0 Å². The lowest BCUT2D eigenvalue weighted by atomic mass is 10.1. The first kappa shape index (κ1) is 10.0. The Morgan fingerprint density at radius 3 is 2.77 bits per heavy atom. The van der Waals surface area contributed by atoms with E-state index in [1.54, 1.807) is 0 Å². The molecule has 0 aliphatic rings. The van der Waals surface area contributed by atoms with Crippen molar-refractivity contribution in [2.75, 3.05) is 0 Å². The molecule has 13 heavy (non-hydrogen) atoms. The van der Waals surface area contributed by atoms with E-state index in [4.69, 9.17) is 4.42 Å². The molecule has 0 unspecified atom stereocenters. The van der Waals surface area contributed by atoms with Crippen molar-refractivity contribution < 1.29 is 9.21 Å². The van der Waals surface area contributed by atoms with E-state index in [1.807, 2.05) is 13.0 Å². The summed E-state index contributed by atoms with van der Waals surface area (Å²) in [6.45, 7) is 4.07. The molecule has 0 spiro atoms. The first-order chi connectivity index (χ1) is 6.27. The van der Waals surface area contributed by atoms with Gasteiger partial charge in [0.1, 0.15) is 5.76 Å². The molecule has 0 fully saturated rings. The van der Waals surface area contributed by atoms with Crippen LogP contribution in [0.2, 0.25) is 0 Å². The molecule has 0 aliphatic carbocycles. The fourth-order valence-corrected chi connectivity index (χ4v) is 1.35. The van der Waals surface area contributed by atoms with Crippen molar-refractivity contribution in [3.8, 4) is 0 Å². The number of hydrogen-bond donors (Lipinski definition) is 0. The number of unbranched alkanes of at least 4 members (excludes halogenated alkanes) is 2. The maximum absolute atomic E-state index is 10.5. The molecule has 0 saturated heterocycles. The van der Waals surface area contributed by atoms with Crippen molar-refractivity contribution in [1.82, 2.24) is 0 Å². The number of aryl methyl sites for hydroxylation is 2. The fraction of sp³-hybridized carbons (Fsp3) is 0.545. The Hall–Kier alpha value is -1.05. The van der Waals surface area contributed by atoms with Gasteiger partial charge in [0.15, 0.2) is 12.0 Å². The number of rotatable bonds is 5. The van der Waals surface area contributed by atoms with Crippen LogP contribution in [-0.4, -0.2) is 6.29 Å². The molecule has 0 atom stereocenters. The number of carbonyl (C=O) groups excluding carboxylic acids is 1. The Morgan fingerprint density at radius 2 is 2.23 bits per heavy atom. The zero-order valence-corrected chi connectivity index (χ0v) is 8.30. The zero-order chi connectivity index (χ0) is 9.68. The highest BCUT2D eigenvalue weighted by Crippen LogP contribution is 2.15. The van der Waals surface area contributed by atoms with Crippen LogP contribution in [0.3, 0.4) is 0 Å². The van der Waals surface area contributed by atoms with Crippen LogP contribution in [0, 0.1) is 6.92 Å². The summed E-state index contributed by atoms with van der Waals surface area (Å²) in [5, 5.41) is 0. The van der Waals surface area contributed by atoms with Crippen LogP contribution in [-0.2, 0) is 6.42 Å². The molecule has 0 amide bonds. The van der Waals surface area contributed by atoms with Gasteiger partial charge in [-0.15, -0.1) is 0 Å². The van der Waals surface area contributed by atoms with E-state index >= 15 is 0 Å². The number of furan rings is 1. The lowest BCUT2D eigenvalue weighted by Crippen LogP contribution is -1.81. The Bertz CT molecular complexity index is 274. The molecule has 72 valence electrons. The van der Waals surface area contributed by atoms with Crippen LogP contribution < -0.4 is 0 Å². The van der Waals surface area contributed by atoms with Crippen LogP contribution in [0.15, 0.2) is 10.5 Å². The van der Waals surface area contributed by atoms with Crippen molar-refractivity contribution in [2.45, 2.75) is 39.5 Å². The Morgan fingerprint density at radius 1 is 1.46 bits per heavy atom. The summed E-state index contributed by atoms with van der Waals surface area (Å²) in [7, 11) is 0. The Labute approximate surface area is 78.9 Å². The average Bonchev–Trinajstić information content (AvgIpc) is 2.47. The molecule has 0 saturated carbocycles. The summed E-state index contributed by atoms with van der Waals surface area (Å²) in [6, 6.07) is 1.96. The van der Waals surface area contributed by atoms with E-state index in [2.05, 4.69) is 6.92 Å². The maximum atomic E-state index is 10.5. The molecule has 0 N–H and O–H groups in total. The van der Waals surface area contributed by atoms with Crippen LogP contribution in [0.4, 0.5) is 0 Å². The lowest BCUT2D eigenvalue weighted by molar-refractivity contribution is 0.109. The molecule has 0 aromatic carbocycles. The summed E-state index contributed by atoms with van der Waals surface area (Å²) in [6.07, 6.45) is 5.29. The minimum atomic E-state index is 0.478. The van der Waals surface area contributed by atoms with Gasteiger partial charge in [0.05, 0.1) is 0 Å². The van der Waals surface area contributed by atoms with Gasteiger partial charge in [-0.2, -0.15) is 0 Å². The molecule has 0 aliphatic heterocycles. The first-order valence-electron chi connectivity index (χ1n) is 4.82. The summed E-state index contributed by atoms with van der Waals surface area (Å²) < 4.78 is 5.34. The third-order valence-corrected chi connectivity index (χ3v) is 2.14. The smallest absolute Gasteiger partial charge is 0.185 e. The van der Waals surface area contributed by atoms with Crippen molar-refractivity contribution in [2.24, 2.45) is 0 Å². The lowest BCUT2D eigenvalue weighted by Gasteiger charge is -1.93. The number of aldehydes is 1. The molecule has 1 aromatic heterocycles. The van der Waals surface area contributed by atoms with Gasteiger partial charge in [-0.3, -0.25) is 4.79 Å². The van der Waals surface area contributed by atoms with Gasteiger partial charge in [0.2, 0.25) is 0 Å². The van der Waals surface area contributed by atoms with E-state index in [9.17, 15) is 4.79 Å². The van der Waals surface area contributed by atoms with Crippen LogP contribution in [0.1, 0.15) is 48.1 Å². The average molecular weight is 180 g/mol. The van der Waals surface area contributed by atoms with Crippen LogP contribution in [0.5, 0.6) is 0 Å². The highest BCUT2D eigenvalue weighted by atomic mass is 16.3. The third kappa shape index (κ3) is 2.72. The zero-order valence-electron chi connectivity index (χ0n) is 8.30. The summed E-state index contributed by atoms with van der Waals surface area (Å²) in [5.41, 5.74) is 0.946. The first-order valence-corrected chi connectivity index (χ1v) is 4.82. The van der Waals surface area contributed by atoms with Crippen molar-refractivity contribution in [3.63, 3.8) is 0 Å². The molecule has 0 radical (unpaired) electrons. The monoisotopic (exact) mass is 180 g/mol. The van der Waals surface area contributed by atoms with E-state index in [1.165, 1.54) is 12.8 Å². The van der Waals surface area contributed by atoms with Gasteiger partial charge < -0.3 is 4.42 Å². The van der Waals surface area contributed by atoms with E-state index in [-0.39, 0.29) is 0 Å². The van der Waals surface area contributed by atoms with Gasteiger partial charge in [-0.25, -0.2) is 0 Å². The van der Waals surface area contributed by atoms with Gasteiger partial charge in [0, 0.05) is 6.42 Å². The standard InChI is InChI=1S/C11H16O2/c1-3-4-5-6-10-7-9(2)11(8-12)13-10/h7-8H,3-6H2,1-2H3. The number of hydrogen-bond acceptors (Lipinski definition) is 2. The predicted octanol–water partition coefficient (Wildman–Crippen LogP) is 3.13. The Balaban J connectivity index is 2.52. The second-order valence-corrected chi connectivity index (χ2v) is 3.33. The topological polar surface area (TPSA) is 30.2 Å². The fourth-order valence-electron chi connectivity index (χ4n) is 1.35. The van der Waals surface area contributed by atoms with Gasteiger partial charge in [0.25, 0.3) is 0 Å². The second kappa shape index (κ2) is 4.85. The Kier molecular flexibility index (Phi) is 3.74. The van der Waals surface area contributed by atoms with Crippen LogP contribution in [0.25, 0.3) is 0 Å². The van der Waals surface area contributed by atoms with E-state index in [0.29, 0.717) is 5.76 Å². The molecule has 0 bridgehead atoms. The quantitative estimate of drug-likeness (QED) is 0.514. The highest BCUT2D eigenvalue weighted by molar-refractivity contribution is 5.72. The maximum Gasteiger partial charge on any atom is 0.185 e. The summed E-state index contributed by atoms with van der Waals surface area (Å²) in [4.78, 5) is 10.5. The SMILES string of the molecule is CCCCCc1cc(C)c(C=O)o1. The van der Waals surface area contributed by atoms with Gasteiger partial charge in [-0.1, -0.05) is 19.8 Å². The second-order valence-electron chi connectivity index (χ2n) is 3.33. The molecule has 1 rings (SSSR count). The predicted molar refractivity (Wildman–Crippen MR) is 52.1 cm³/mol. The molecular weight excluding hydrogens is 164 g/mol. The normalized spacial score (nSPS) is 10.3. The minimum Gasteiger partial charge on any atom is -0.458 e. The molecule has 2 heteroatoms. The van der Waals surface area contributed by atoms with Gasteiger partial charge in [-0.05, 0) is 25.0 Å². The molecule has 1 aromatic rings. The third-order valence-electron chi connectivity index (χ3n) is 2.14. The minimum absolute atomic E-state index is 0.478. The molecule has 2 nitrogen and oxygen atoms in total. The van der Waals surface area contributed by atoms with E-state index < -0.39 is 0 Å². The summed E-state index contributed by atoms with van der Waals surface area (Å²) in [5.74, 6) is 1.42. The van der Waals surface area contributed by atoms with E-state index in [0.717, 1.165) is 30.5 Å². The summed E-state index contributed by atoms with van der Waals surface area (Å²) >= 11 is 0. The van der Waals surface area contributed by atoms with Gasteiger partial charge >= 0.3 is 0 Å². The molecular formula is C11H16O2. The van der Waals surface area contributed by atoms with Crippen molar-refractivity contribution >= 4 is 6.29 Å². The number of carbonyl (C=O) groups is 1. The highest BCUT2D eigenvalue weighted by Gasteiger charge is 2.05. The largest absolute Gasteiger partial charge is 0.458 e.